The molecule has 0 saturated carbocycles. The van der Waals surface area contributed by atoms with Gasteiger partial charge in [0.2, 0.25) is 5.88 Å². The Morgan fingerprint density at radius 2 is 1.95 bits per heavy atom. The summed E-state index contributed by atoms with van der Waals surface area (Å²) in [7, 11) is 0. The number of fused-ring (bicyclic) bond motifs is 1. The molecule has 4 nitrogen and oxygen atoms in total. The molecule has 3 N–H and O–H groups in total. The zero-order valence-electron chi connectivity index (χ0n) is 11.2. The molecule has 1 aliphatic rings. The van der Waals surface area contributed by atoms with Crippen LogP contribution in [0, 0.1) is 17.1 Å². The Labute approximate surface area is 130 Å². The number of phenols is 1. The van der Waals surface area contributed by atoms with Crippen molar-refractivity contribution in [3.05, 3.63) is 69.8 Å². The number of hydrogen-bond donors (Lipinski definition) is 2. The summed E-state index contributed by atoms with van der Waals surface area (Å²) in [6.45, 7) is 0. The topological polar surface area (TPSA) is 79.3 Å². The number of hydrogen-bond acceptors (Lipinski definition) is 4. The van der Waals surface area contributed by atoms with Crippen molar-refractivity contribution >= 4 is 11.6 Å². The average Bonchev–Trinajstić information content (AvgIpc) is 2.49. The molecule has 0 saturated heterocycles. The predicted octanol–water partition coefficient (Wildman–Crippen LogP) is 3.40. The maximum absolute atomic E-state index is 13.1. The summed E-state index contributed by atoms with van der Waals surface area (Å²) in [6, 6.07) is 10.6. The first-order valence-corrected chi connectivity index (χ1v) is 6.74. The lowest BCUT2D eigenvalue weighted by molar-refractivity contribution is 0.388. The molecule has 2 aromatic rings. The van der Waals surface area contributed by atoms with Gasteiger partial charge in [0.15, 0.2) is 0 Å². The van der Waals surface area contributed by atoms with Gasteiger partial charge in [0, 0.05) is 11.6 Å². The van der Waals surface area contributed by atoms with Gasteiger partial charge in [-0.3, -0.25) is 0 Å². The number of nitrogens with zero attached hydrogens (tertiary/aromatic N) is 1. The van der Waals surface area contributed by atoms with E-state index in [4.69, 9.17) is 22.1 Å². The van der Waals surface area contributed by atoms with Crippen molar-refractivity contribution < 1.29 is 14.2 Å². The van der Waals surface area contributed by atoms with E-state index in [9.17, 15) is 14.8 Å². The summed E-state index contributed by atoms with van der Waals surface area (Å²) in [5, 5.41) is 19.2. The zero-order valence-corrected chi connectivity index (χ0v) is 11.9. The maximum atomic E-state index is 13.1. The van der Waals surface area contributed by atoms with Crippen molar-refractivity contribution in [2.75, 3.05) is 0 Å². The van der Waals surface area contributed by atoms with Crippen LogP contribution in [0.3, 0.4) is 0 Å². The van der Waals surface area contributed by atoms with Crippen molar-refractivity contribution in [3.8, 4) is 17.6 Å². The summed E-state index contributed by atoms with van der Waals surface area (Å²) in [4.78, 5) is 0. The summed E-state index contributed by atoms with van der Waals surface area (Å²) in [5.74, 6) is -0.798. The van der Waals surface area contributed by atoms with Crippen molar-refractivity contribution in [1.29, 1.82) is 5.26 Å². The minimum atomic E-state index is -0.535. The van der Waals surface area contributed by atoms with E-state index in [-0.39, 0.29) is 28.0 Å². The van der Waals surface area contributed by atoms with Crippen LogP contribution >= 0.6 is 11.6 Å². The van der Waals surface area contributed by atoms with Gasteiger partial charge < -0.3 is 15.6 Å². The van der Waals surface area contributed by atoms with Crippen LogP contribution in [0.25, 0.3) is 0 Å². The molecule has 0 fully saturated rings. The van der Waals surface area contributed by atoms with Crippen LogP contribution in [-0.4, -0.2) is 5.11 Å². The Morgan fingerprint density at radius 3 is 2.59 bits per heavy atom. The van der Waals surface area contributed by atoms with Crippen LogP contribution in [-0.2, 0) is 0 Å². The van der Waals surface area contributed by atoms with E-state index in [0.29, 0.717) is 16.9 Å². The van der Waals surface area contributed by atoms with Gasteiger partial charge in [-0.1, -0.05) is 23.7 Å². The smallest absolute Gasteiger partial charge is 0.205 e. The van der Waals surface area contributed by atoms with Gasteiger partial charge >= 0.3 is 0 Å². The number of phenolic OH excluding ortho intramolecular Hbond substituents is 1. The molecule has 0 spiro atoms. The van der Waals surface area contributed by atoms with Gasteiger partial charge in [-0.25, -0.2) is 4.39 Å². The van der Waals surface area contributed by atoms with Crippen LogP contribution < -0.4 is 10.5 Å². The quantitative estimate of drug-likeness (QED) is 0.845. The SMILES string of the molecule is N#CC1=C(N)Oc2cc(O)c(Cl)cc2[C@H]1c1ccc(F)cc1. The largest absolute Gasteiger partial charge is 0.506 e. The molecule has 1 heterocycles. The van der Waals surface area contributed by atoms with E-state index < -0.39 is 5.92 Å². The molecule has 6 heteroatoms. The van der Waals surface area contributed by atoms with E-state index in [2.05, 4.69) is 0 Å². The average molecular weight is 317 g/mol. The van der Waals surface area contributed by atoms with E-state index in [0.717, 1.165) is 0 Å². The Hall–Kier alpha value is -2.71. The maximum Gasteiger partial charge on any atom is 0.205 e. The zero-order chi connectivity index (χ0) is 15.9. The molecule has 0 radical (unpaired) electrons. The lowest BCUT2D eigenvalue weighted by Crippen LogP contribution is -2.21. The van der Waals surface area contributed by atoms with Gasteiger partial charge in [0.25, 0.3) is 0 Å². The van der Waals surface area contributed by atoms with Gasteiger partial charge in [-0.2, -0.15) is 5.26 Å². The summed E-state index contributed by atoms with van der Waals surface area (Å²) < 4.78 is 18.5. The van der Waals surface area contributed by atoms with Crippen molar-refractivity contribution in [2.45, 2.75) is 5.92 Å². The molecule has 1 atom stereocenters. The molecule has 0 bridgehead atoms. The lowest BCUT2D eigenvalue weighted by atomic mass is 9.83. The highest BCUT2D eigenvalue weighted by Gasteiger charge is 2.31. The summed E-state index contributed by atoms with van der Waals surface area (Å²) >= 11 is 5.96. The van der Waals surface area contributed by atoms with Gasteiger partial charge in [-0.05, 0) is 23.8 Å². The molecule has 0 amide bonds. The molecule has 22 heavy (non-hydrogen) atoms. The van der Waals surface area contributed by atoms with Crippen LogP contribution in [0.2, 0.25) is 5.02 Å². The first-order valence-electron chi connectivity index (χ1n) is 6.36. The normalized spacial score (nSPS) is 16.7. The van der Waals surface area contributed by atoms with Gasteiger partial charge in [0.1, 0.15) is 29.0 Å². The fourth-order valence-electron chi connectivity index (χ4n) is 2.46. The third kappa shape index (κ3) is 2.24. The molecular formula is C16H10ClFN2O2. The Kier molecular flexibility index (Phi) is 3.39. The summed E-state index contributed by atoms with van der Waals surface area (Å²) in [6.07, 6.45) is 0. The number of halogens is 2. The van der Waals surface area contributed by atoms with Gasteiger partial charge in [0.05, 0.1) is 10.9 Å². The number of allylic oxidation sites excluding steroid dienone is 1. The Bertz CT molecular complexity index is 825. The van der Waals surface area contributed by atoms with Crippen LogP contribution in [0.15, 0.2) is 47.9 Å². The monoisotopic (exact) mass is 316 g/mol. The molecule has 2 aromatic carbocycles. The minimum absolute atomic E-state index is 0.0500. The van der Waals surface area contributed by atoms with Crippen LogP contribution in [0.5, 0.6) is 11.5 Å². The number of ether oxygens (including phenoxy) is 1. The molecule has 3 rings (SSSR count). The predicted molar refractivity (Wildman–Crippen MR) is 78.8 cm³/mol. The molecule has 0 unspecified atom stereocenters. The highest BCUT2D eigenvalue weighted by Crippen LogP contribution is 2.45. The Balaban J connectivity index is 2.24. The lowest BCUT2D eigenvalue weighted by Gasteiger charge is -2.26. The second-order valence-corrected chi connectivity index (χ2v) is 5.23. The van der Waals surface area contributed by atoms with E-state index in [1.807, 2.05) is 6.07 Å². The molecular weight excluding hydrogens is 307 g/mol. The van der Waals surface area contributed by atoms with Crippen LogP contribution in [0.4, 0.5) is 4.39 Å². The van der Waals surface area contributed by atoms with Crippen LogP contribution in [0.1, 0.15) is 17.0 Å². The first-order chi connectivity index (χ1) is 10.5. The number of aromatic hydroxyl groups is 1. The fourth-order valence-corrected chi connectivity index (χ4v) is 2.64. The molecule has 0 aliphatic carbocycles. The van der Waals surface area contributed by atoms with Crippen molar-refractivity contribution in [3.63, 3.8) is 0 Å². The number of benzene rings is 2. The van der Waals surface area contributed by atoms with Gasteiger partial charge in [-0.15, -0.1) is 0 Å². The number of nitriles is 1. The second-order valence-electron chi connectivity index (χ2n) is 4.82. The van der Waals surface area contributed by atoms with Crippen molar-refractivity contribution in [2.24, 2.45) is 5.73 Å². The second kappa shape index (κ2) is 5.24. The Morgan fingerprint density at radius 1 is 1.27 bits per heavy atom. The number of rotatable bonds is 1. The third-order valence-electron chi connectivity index (χ3n) is 3.49. The highest BCUT2D eigenvalue weighted by atomic mass is 35.5. The number of nitrogens with two attached hydrogens (primary N) is 1. The van der Waals surface area contributed by atoms with E-state index in [1.165, 1.54) is 24.3 Å². The highest BCUT2D eigenvalue weighted by molar-refractivity contribution is 6.32. The standard InChI is InChI=1S/C16H10ClFN2O2/c17-12-5-10-14(6-13(12)21)22-16(20)11(7-19)15(10)8-1-3-9(18)4-2-8/h1-6,15,21H,20H2/t15-/m1/s1. The third-order valence-corrected chi connectivity index (χ3v) is 3.79. The molecule has 110 valence electrons. The molecule has 0 aromatic heterocycles. The van der Waals surface area contributed by atoms with E-state index >= 15 is 0 Å². The van der Waals surface area contributed by atoms with E-state index in [1.54, 1.807) is 12.1 Å². The fraction of sp³-hybridized carbons (Fsp3) is 0.0625. The minimum Gasteiger partial charge on any atom is -0.506 e. The summed E-state index contributed by atoms with van der Waals surface area (Å²) in [5.41, 5.74) is 7.26. The first kappa shape index (κ1) is 14.2. The van der Waals surface area contributed by atoms with Crippen molar-refractivity contribution in [1.82, 2.24) is 0 Å². The molecule has 1 aliphatic heterocycles.